The van der Waals surface area contributed by atoms with Crippen LogP contribution in [0.5, 0.6) is 0 Å². The van der Waals surface area contributed by atoms with Gasteiger partial charge in [-0.05, 0) is 4.83 Å². The summed E-state index contributed by atoms with van der Waals surface area (Å²) in [7, 11) is -0.611. The summed E-state index contributed by atoms with van der Waals surface area (Å²) < 4.78 is 10.3. The minimum atomic E-state index is -1.17. The minimum Gasteiger partial charge on any atom is -0.291 e. The van der Waals surface area contributed by atoms with Crippen LogP contribution in [0.1, 0.15) is 0 Å². The monoisotopic (exact) mass is 76.0 g/mol. The van der Waals surface area contributed by atoms with E-state index in [1.165, 1.54) is 0 Å². The second kappa shape index (κ2) is 1.69. The molecule has 0 amide bonds. The second-order valence-corrected chi connectivity index (χ2v) is 0.383. The highest BCUT2D eigenvalue weighted by Crippen LogP contribution is 1.57. The summed E-state index contributed by atoms with van der Waals surface area (Å²) in [5, 5.41) is 8.74. The maximum atomic E-state index is 10.3. The van der Waals surface area contributed by atoms with Crippen molar-refractivity contribution >= 4 is 7.69 Å². The van der Waals surface area contributed by atoms with Gasteiger partial charge in [0.05, 0.1) is 0 Å². The first-order valence-corrected chi connectivity index (χ1v) is 0.842. The second-order valence-electron chi connectivity index (χ2n) is 0.383. The Labute approximate surface area is 28.3 Å². The Kier molecular flexibility index (Phi) is 1.49. The van der Waals surface area contributed by atoms with Crippen molar-refractivity contribution in [3.8, 4) is 0 Å². The standard InChI is InChI=1S/BFNO2/c2-1-3(4)5. The van der Waals surface area contributed by atoms with Crippen LogP contribution in [0.25, 0.3) is 0 Å². The predicted molar refractivity (Wildman–Crippen MR) is 13.9 cm³/mol. The molecular formula is BFNO2. The third-order valence-electron chi connectivity index (χ3n) is 0.0797. The van der Waals surface area contributed by atoms with E-state index in [2.05, 4.69) is 0 Å². The average molecular weight is 75.8 g/mol. The first-order chi connectivity index (χ1) is 2.27. The summed E-state index contributed by atoms with van der Waals surface area (Å²) >= 11 is 0. The fourth-order valence-electron chi connectivity index (χ4n) is 0. The molecular weight excluding hydrogens is 75.8 g/mol. The molecule has 0 unspecified atom stereocenters. The lowest BCUT2D eigenvalue weighted by molar-refractivity contribution is -0.330. The Morgan fingerprint density at radius 2 is 2.20 bits per heavy atom. The Morgan fingerprint density at radius 1 is 2.00 bits per heavy atom. The summed E-state index contributed by atoms with van der Waals surface area (Å²) in [4.78, 5) is 7.58. The quantitative estimate of drug-likeness (QED) is 0.246. The molecule has 0 saturated carbocycles. The van der Waals surface area contributed by atoms with Gasteiger partial charge in [-0.1, -0.05) is 0 Å². The van der Waals surface area contributed by atoms with Crippen LogP contribution < -0.4 is 0 Å². The van der Waals surface area contributed by atoms with Crippen LogP contribution in [-0.4, -0.2) is 12.5 Å². The van der Waals surface area contributed by atoms with E-state index < -0.39 is 12.5 Å². The summed E-state index contributed by atoms with van der Waals surface area (Å²) in [6, 6.07) is 0. The highest BCUT2D eigenvalue weighted by molar-refractivity contribution is 6.14. The van der Waals surface area contributed by atoms with Crippen molar-refractivity contribution in [3.63, 3.8) is 0 Å². The molecule has 0 fully saturated rings. The number of rotatable bonds is 1. The van der Waals surface area contributed by atoms with Gasteiger partial charge in [0.15, 0.2) is 0 Å². The van der Waals surface area contributed by atoms with Crippen molar-refractivity contribution in [2.24, 2.45) is 0 Å². The highest BCUT2D eigenvalue weighted by Gasteiger charge is 2.01. The molecule has 0 aromatic rings. The molecule has 3 nitrogen and oxygen atoms in total. The van der Waals surface area contributed by atoms with Crippen molar-refractivity contribution in [1.82, 2.24) is 0 Å². The van der Waals surface area contributed by atoms with Crippen LogP contribution in [0, 0.1) is 10.1 Å². The lowest BCUT2D eigenvalue weighted by atomic mass is 10.4. The van der Waals surface area contributed by atoms with Crippen molar-refractivity contribution < 1.29 is 9.15 Å². The first kappa shape index (κ1) is 4.39. The smallest absolute Gasteiger partial charge is 0.291 e. The van der Waals surface area contributed by atoms with Gasteiger partial charge in [0.2, 0.25) is 0 Å². The molecule has 27 valence electrons. The maximum absolute atomic E-state index is 10.3. The van der Waals surface area contributed by atoms with Crippen molar-refractivity contribution in [2.75, 3.05) is 0 Å². The summed E-state index contributed by atoms with van der Waals surface area (Å²) in [5.74, 6) is 0. The molecule has 5 heavy (non-hydrogen) atoms. The van der Waals surface area contributed by atoms with Gasteiger partial charge in [-0.15, -0.1) is 0 Å². The zero-order valence-electron chi connectivity index (χ0n) is 2.22. The molecule has 0 aromatic carbocycles. The van der Waals surface area contributed by atoms with Crippen molar-refractivity contribution in [1.29, 1.82) is 0 Å². The Morgan fingerprint density at radius 3 is 2.20 bits per heavy atom. The molecule has 0 aliphatic heterocycles. The Balaban J connectivity index is 2.85. The first-order valence-electron chi connectivity index (χ1n) is 0.842. The molecule has 0 aliphatic carbocycles. The molecule has 0 atom stereocenters. The van der Waals surface area contributed by atoms with Crippen LogP contribution in [0.15, 0.2) is 0 Å². The lowest BCUT2D eigenvalue weighted by Crippen LogP contribution is -1.96. The molecule has 1 radical (unpaired) electrons. The predicted octanol–water partition coefficient (Wildman–Crippen LogP) is -0.233. The molecule has 0 N–H and O–H groups in total. The molecule has 0 aliphatic rings. The van der Waals surface area contributed by atoms with Crippen LogP contribution in [0.4, 0.5) is 4.32 Å². The van der Waals surface area contributed by atoms with E-state index in [-0.39, 0.29) is 0 Å². The molecule has 0 saturated heterocycles. The summed E-state index contributed by atoms with van der Waals surface area (Å²) in [6.07, 6.45) is 0. The van der Waals surface area contributed by atoms with E-state index in [0.717, 1.165) is 0 Å². The third-order valence-corrected chi connectivity index (χ3v) is 0.0797. The van der Waals surface area contributed by atoms with E-state index in [0.29, 0.717) is 0 Å². The summed E-state index contributed by atoms with van der Waals surface area (Å²) in [5.41, 5.74) is 0. The molecule has 0 bridgehead atoms. The molecule has 0 heterocycles. The molecule has 0 rings (SSSR count). The van der Waals surface area contributed by atoms with Crippen molar-refractivity contribution in [2.45, 2.75) is 0 Å². The lowest BCUT2D eigenvalue weighted by Gasteiger charge is -1.67. The number of halogens is 1. The van der Waals surface area contributed by atoms with E-state index in [1.807, 2.05) is 0 Å². The van der Waals surface area contributed by atoms with E-state index >= 15 is 0 Å². The van der Waals surface area contributed by atoms with E-state index in [4.69, 9.17) is 10.1 Å². The van der Waals surface area contributed by atoms with E-state index in [9.17, 15) is 4.32 Å². The summed E-state index contributed by atoms with van der Waals surface area (Å²) in [6.45, 7) is 0. The largest absolute Gasteiger partial charge is 0.849 e. The van der Waals surface area contributed by atoms with Crippen LogP contribution in [0.3, 0.4) is 0 Å². The number of hydrogen-bond acceptors (Lipinski definition) is 2. The number of nitrogens with zero attached hydrogens (tertiary/aromatic N) is 1. The zero-order chi connectivity index (χ0) is 4.28. The van der Waals surface area contributed by atoms with Gasteiger partial charge in [-0.25, -0.2) is 4.32 Å². The highest BCUT2D eigenvalue weighted by atomic mass is 19.1. The maximum Gasteiger partial charge on any atom is 0.849 e. The van der Waals surface area contributed by atoms with E-state index in [1.54, 1.807) is 0 Å². The molecule has 0 aromatic heterocycles. The zero-order valence-corrected chi connectivity index (χ0v) is 2.22. The Bertz CT molecular complexity index is 44.9. The topological polar surface area (TPSA) is 43.1 Å². The minimum absolute atomic E-state index is 0.611. The average Bonchev–Trinajstić information content (AvgIpc) is 1.38. The van der Waals surface area contributed by atoms with Gasteiger partial charge in [0.25, 0.3) is 0 Å². The van der Waals surface area contributed by atoms with Crippen LogP contribution >= 0.6 is 0 Å². The van der Waals surface area contributed by atoms with Gasteiger partial charge in [-0.2, -0.15) is 0 Å². The Hall–Kier alpha value is -0.605. The van der Waals surface area contributed by atoms with Gasteiger partial charge >= 0.3 is 7.69 Å². The van der Waals surface area contributed by atoms with Gasteiger partial charge in [-0.3, -0.25) is 10.1 Å². The molecule has 5 heteroatoms. The van der Waals surface area contributed by atoms with Crippen LogP contribution in [0.2, 0.25) is 0 Å². The number of nitro groups is 1. The van der Waals surface area contributed by atoms with Gasteiger partial charge in [0.1, 0.15) is 0 Å². The van der Waals surface area contributed by atoms with Gasteiger partial charge < -0.3 is 0 Å². The van der Waals surface area contributed by atoms with Gasteiger partial charge in [0, 0.05) is 0 Å². The molecule has 0 spiro atoms. The normalized spacial score (nSPS) is 6.60. The third kappa shape index (κ3) is 3.39. The van der Waals surface area contributed by atoms with Crippen LogP contribution in [-0.2, 0) is 0 Å². The fourth-order valence-corrected chi connectivity index (χ4v) is 0. The number of hydrogen-bond donors (Lipinski definition) is 0. The SMILES string of the molecule is O=[N+]([O-])[B]F. The van der Waals surface area contributed by atoms with Crippen molar-refractivity contribution in [3.05, 3.63) is 10.1 Å². The fraction of sp³-hybridized carbons (Fsp3) is 0.